The summed E-state index contributed by atoms with van der Waals surface area (Å²) in [6, 6.07) is 4.29. The highest BCUT2D eigenvalue weighted by Gasteiger charge is 2.04. The highest BCUT2D eigenvalue weighted by Crippen LogP contribution is 2.17. The second-order valence-corrected chi connectivity index (χ2v) is 2.91. The first-order chi connectivity index (χ1) is 5.79. The maximum Gasteiger partial charge on any atom is 0.206 e. The van der Waals surface area contributed by atoms with Crippen molar-refractivity contribution in [3.05, 3.63) is 29.9 Å². The molecule has 0 unspecified atom stereocenters. The first kappa shape index (κ1) is 7.73. The molecule has 0 fully saturated rings. The van der Waals surface area contributed by atoms with Crippen molar-refractivity contribution in [1.82, 2.24) is 4.98 Å². The number of alkyl halides is 1. The normalized spacial score (nSPS) is 10.8. The van der Waals surface area contributed by atoms with Crippen LogP contribution in [0.15, 0.2) is 22.6 Å². The number of hydrogen-bond acceptors (Lipinski definition) is 2. The van der Waals surface area contributed by atoms with Crippen LogP contribution in [0.4, 0.5) is 4.39 Å². The van der Waals surface area contributed by atoms with Gasteiger partial charge < -0.3 is 4.42 Å². The van der Waals surface area contributed by atoms with Gasteiger partial charge >= 0.3 is 0 Å². The van der Waals surface area contributed by atoms with E-state index in [1.807, 2.05) is 0 Å². The third-order valence-corrected chi connectivity index (χ3v) is 1.99. The zero-order chi connectivity index (χ0) is 8.55. The summed E-state index contributed by atoms with van der Waals surface area (Å²) in [7, 11) is 0. The van der Waals surface area contributed by atoms with E-state index in [9.17, 15) is 4.39 Å². The molecule has 0 atom stereocenters. The summed E-state index contributed by atoms with van der Waals surface area (Å²) in [5, 5.41) is 0.545. The monoisotopic (exact) mass is 229 g/mol. The van der Waals surface area contributed by atoms with Gasteiger partial charge in [-0.05, 0) is 12.1 Å². The van der Waals surface area contributed by atoms with Crippen LogP contribution in [0.1, 0.15) is 5.89 Å². The number of oxazole rings is 1. The average molecular weight is 230 g/mol. The number of fused-ring (bicyclic) bond motifs is 1. The van der Waals surface area contributed by atoms with Crippen LogP contribution in [0.2, 0.25) is 0 Å². The lowest BCUT2D eigenvalue weighted by Gasteiger charge is -1.84. The highest BCUT2D eigenvalue weighted by molar-refractivity contribution is 9.08. The predicted molar refractivity (Wildman–Crippen MR) is 46.6 cm³/mol. The van der Waals surface area contributed by atoms with Gasteiger partial charge in [0.2, 0.25) is 5.89 Å². The number of halogens is 2. The molecular weight excluding hydrogens is 225 g/mol. The van der Waals surface area contributed by atoms with E-state index in [1.54, 1.807) is 6.07 Å². The number of rotatable bonds is 1. The summed E-state index contributed by atoms with van der Waals surface area (Å²) < 4.78 is 17.9. The molecule has 2 aromatic rings. The predicted octanol–water partition coefficient (Wildman–Crippen LogP) is 2.86. The summed E-state index contributed by atoms with van der Waals surface area (Å²) in [5.41, 5.74) is 1.18. The largest absolute Gasteiger partial charge is 0.440 e. The fraction of sp³-hybridized carbons (Fsp3) is 0.125. The van der Waals surface area contributed by atoms with Crippen molar-refractivity contribution in [3.63, 3.8) is 0 Å². The van der Waals surface area contributed by atoms with Crippen LogP contribution in [-0.4, -0.2) is 4.98 Å². The Bertz CT molecular complexity index is 412. The minimum atomic E-state index is -0.306. The van der Waals surface area contributed by atoms with Crippen molar-refractivity contribution in [2.75, 3.05) is 0 Å². The molecule has 0 saturated heterocycles. The minimum Gasteiger partial charge on any atom is -0.440 e. The van der Waals surface area contributed by atoms with Crippen LogP contribution in [0.5, 0.6) is 0 Å². The van der Waals surface area contributed by atoms with E-state index in [0.717, 1.165) is 0 Å². The van der Waals surface area contributed by atoms with Crippen molar-refractivity contribution in [1.29, 1.82) is 0 Å². The molecule has 0 aliphatic rings. The van der Waals surface area contributed by atoms with E-state index in [1.165, 1.54) is 12.1 Å². The molecule has 2 nitrogen and oxygen atoms in total. The Labute approximate surface area is 76.5 Å². The topological polar surface area (TPSA) is 26.0 Å². The molecule has 62 valence electrons. The molecule has 0 aliphatic heterocycles. The summed E-state index contributed by atoms with van der Waals surface area (Å²) >= 11 is 3.20. The molecule has 12 heavy (non-hydrogen) atoms. The second kappa shape index (κ2) is 2.86. The molecule has 1 aromatic carbocycles. The second-order valence-electron chi connectivity index (χ2n) is 2.35. The van der Waals surface area contributed by atoms with Crippen molar-refractivity contribution >= 4 is 27.0 Å². The van der Waals surface area contributed by atoms with Crippen LogP contribution >= 0.6 is 15.9 Å². The van der Waals surface area contributed by atoms with Gasteiger partial charge in [-0.25, -0.2) is 9.37 Å². The van der Waals surface area contributed by atoms with Crippen LogP contribution in [0.25, 0.3) is 11.1 Å². The van der Waals surface area contributed by atoms with Crippen molar-refractivity contribution in [3.8, 4) is 0 Å². The van der Waals surface area contributed by atoms with Gasteiger partial charge in [0.25, 0.3) is 0 Å². The molecule has 0 bridgehead atoms. The SMILES string of the molecule is Fc1ccc2nc(CBr)oc2c1. The Kier molecular flexibility index (Phi) is 1.84. The molecular formula is C8H5BrFNO. The minimum absolute atomic E-state index is 0.306. The first-order valence-corrected chi connectivity index (χ1v) is 4.52. The number of aromatic nitrogens is 1. The van der Waals surface area contributed by atoms with E-state index in [4.69, 9.17) is 4.42 Å². The third-order valence-electron chi connectivity index (χ3n) is 1.51. The van der Waals surface area contributed by atoms with Crippen molar-refractivity contribution in [2.24, 2.45) is 0 Å². The fourth-order valence-electron chi connectivity index (χ4n) is 1.00. The summed E-state index contributed by atoms with van der Waals surface area (Å²) in [5.74, 6) is 0.260. The smallest absolute Gasteiger partial charge is 0.206 e. The lowest BCUT2D eigenvalue weighted by atomic mass is 10.3. The molecule has 0 spiro atoms. The number of hydrogen-bond donors (Lipinski definition) is 0. The van der Waals surface area contributed by atoms with Crippen molar-refractivity contribution < 1.29 is 8.81 Å². The lowest BCUT2D eigenvalue weighted by Crippen LogP contribution is -1.73. The van der Waals surface area contributed by atoms with Gasteiger partial charge in [-0.3, -0.25) is 0 Å². The summed E-state index contributed by atoms with van der Waals surface area (Å²) in [6.07, 6.45) is 0. The van der Waals surface area contributed by atoms with Gasteiger partial charge in [0.1, 0.15) is 11.3 Å². The van der Waals surface area contributed by atoms with Gasteiger partial charge in [0.15, 0.2) is 5.58 Å². The maximum atomic E-state index is 12.7. The third kappa shape index (κ3) is 1.22. The average Bonchev–Trinajstić information content (AvgIpc) is 2.46. The molecule has 0 aliphatic carbocycles. The van der Waals surface area contributed by atoms with Crippen LogP contribution in [0.3, 0.4) is 0 Å². The molecule has 0 radical (unpaired) electrons. The number of benzene rings is 1. The molecule has 2 rings (SSSR count). The van der Waals surface area contributed by atoms with Crippen molar-refractivity contribution in [2.45, 2.75) is 5.33 Å². The molecule has 0 N–H and O–H groups in total. The molecule has 1 heterocycles. The van der Waals surface area contributed by atoms with E-state index < -0.39 is 0 Å². The Balaban J connectivity index is 2.67. The first-order valence-electron chi connectivity index (χ1n) is 3.40. The molecule has 4 heteroatoms. The van der Waals surface area contributed by atoms with Gasteiger partial charge in [-0.1, -0.05) is 15.9 Å². The van der Waals surface area contributed by atoms with Crippen LogP contribution in [-0.2, 0) is 5.33 Å². The van der Waals surface area contributed by atoms with E-state index in [-0.39, 0.29) is 5.82 Å². The van der Waals surface area contributed by atoms with Gasteiger partial charge in [0, 0.05) is 6.07 Å². The number of nitrogens with zero attached hydrogens (tertiary/aromatic N) is 1. The highest BCUT2D eigenvalue weighted by atomic mass is 79.9. The molecule has 0 saturated carbocycles. The van der Waals surface area contributed by atoms with E-state index in [0.29, 0.717) is 22.3 Å². The van der Waals surface area contributed by atoms with E-state index >= 15 is 0 Å². The fourth-order valence-corrected chi connectivity index (χ4v) is 1.24. The van der Waals surface area contributed by atoms with Crippen LogP contribution in [0, 0.1) is 5.82 Å². The van der Waals surface area contributed by atoms with Crippen LogP contribution < -0.4 is 0 Å². The zero-order valence-electron chi connectivity index (χ0n) is 6.05. The Hall–Kier alpha value is -0.900. The maximum absolute atomic E-state index is 12.7. The van der Waals surface area contributed by atoms with E-state index in [2.05, 4.69) is 20.9 Å². The molecule has 1 aromatic heterocycles. The summed E-state index contributed by atoms with van der Waals surface area (Å²) in [6.45, 7) is 0. The van der Waals surface area contributed by atoms with Gasteiger partial charge in [-0.2, -0.15) is 0 Å². The zero-order valence-corrected chi connectivity index (χ0v) is 7.64. The lowest BCUT2D eigenvalue weighted by molar-refractivity contribution is 0.553. The summed E-state index contributed by atoms with van der Waals surface area (Å²) in [4.78, 5) is 4.09. The standard InChI is InChI=1S/C8H5BrFNO/c9-4-8-11-6-2-1-5(10)3-7(6)12-8/h1-3H,4H2. The Morgan fingerprint density at radius 1 is 1.50 bits per heavy atom. The quantitative estimate of drug-likeness (QED) is 0.704. The van der Waals surface area contributed by atoms with Gasteiger partial charge in [-0.15, -0.1) is 0 Å². The van der Waals surface area contributed by atoms with Gasteiger partial charge in [0.05, 0.1) is 5.33 Å². The Morgan fingerprint density at radius 3 is 3.08 bits per heavy atom. The Morgan fingerprint density at radius 2 is 2.33 bits per heavy atom. The molecule has 0 amide bonds.